The highest BCUT2D eigenvalue weighted by Gasteiger charge is 2.25. The van der Waals surface area contributed by atoms with Crippen molar-refractivity contribution in [3.05, 3.63) is 56.5 Å². The lowest BCUT2D eigenvalue weighted by molar-refractivity contribution is -0.118. The Labute approximate surface area is 163 Å². The summed E-state index contributed by atoms with van der Waals surface area (Å²) in [6, 6.07) is 5.74. The summed E-state index contributed by atoms with van der Waals surface area (Å²) in [7, 11) is 0. The molecule has 1 aromatic carbocycles. The number of hydrogen-bond donors (Lipinski definition) is 2. The summed E-state index contributed by atoms with van der Waals surface area (Å²) in [5.74, 6) is -0.815. The van der Waals surface area contributed by atoms with Crippen LogP contribution in [0.15, 0.2) is 33.9 Å². The van der Waals surface area contributed by atoms with E-state index in [-0.39, 0.29) is 30.4 Å². The molecule has 28 heavy (non-hydrogen) atoms. The summed E-state index contributed by atoms with van der Waals surface area (Å²) in [6.45, 7) is 6.37. The summed E-state index contributed by atoms with van der Waals surface area (Å²) in [5.41, 5.74) is 5.30. The Morgan fingerprint density at radius 2 is 2.04 bits per heavy atom. The fourth-order valence-corrected chi connectivity index (χ4v) is 2.98. The van der Waals surface area contributed by atoms with E-state index in [0.29, 0.717) is 18.5 Å². The third kappa shape index (κ3) is 5.09. The van der Waals surface area contributed by atoms with Gasteiger partial charge in [0.2, 0.25) is 5.91 Å². The van der Waals surface area contributed by atoms with Gasteiger partial charge in [-0.25, -0.2) is 9.18 Å². The Kier molecular flexibility index (Phi) is 7.14. The first-order valence-corrected chi connectivity index (χ1v) is 9.42. The third-order valence-corrected chi connectivity index (χ3v) is 4.31. The lowest BCUT2D eigenvalue weighted by atomic mass is 10.1. The average Bonchev–Trinajstić information content (AvgIpc) is 2.60. The number of benzene rings is 1. The highest BCUT2D eigenvalue weighted by molar-refractivity contribution is 5.96. The molecule has 152 valence electrons. The number of nitrogens with zero attached hydrogens (tertiary/aromatic N) is 2. The average molecular weight is 390 g/mol. The van der Waals surface area contributed by atoms with Crippen molar-refractivity contribution < 1.29 is 9.18 Å². The van der Waals surface area contributed by atoms with Gasteiger partial charge in [0.15, 0.2) is 5.69 Å². The Hall–Kier alpha value is -2.90. The lowest BCUT2D eigenvalue weighted by Crippen LogP contribution is -2.43. The number of carbonyl (C=O) groups excluding carboxylic acids is 1. The van der Waals surface area contributed by atoms with Gasteiger partial charge in [-0.1, -0.05) is 39.3 Å². The van der Waals surface area contributed by atoms with Gasteiger partial charge < -0.3 is 10.6 Å². The predicted octanol–water partition coefficient (Wildman–Crippen LogP) is 2.29. The zero-order valence-corrected chi connectivity index (χ0v) is 16.5. The quantitative estimate of drug-likeness (QED) is 0.722. The van der Waals surface area contributed by atoms with Gasteiger partial charge in [0.25, 0.3) is 5.56 Å². The topological polar surface area (TPSA) is 101 Å². The van der Waals surface area contributed by atoms with Crippen LogP contribution in [-0.4, -0.2) is 22.0 Å². The first kappa shape index (κ1) is 21.4. The maximum Gasteiger partial charge on any atom is 0.330 e. The van der Waals surface area contributed by atoms with Crippen molar-refractivity contribution in [2.45, 2.75) is 46.6 Å². The molecule has 2 aromatic rings. The molecule has 0 spiro atoms. The molecule has 0 aliphatic carbocycles. The molecule has 1 aromatic heterocycles. The SMILES string of the molecule is CCCCn1c(N)c(N(CC(C)C)C(=O)Cc2cccc(F)c2)c(=O)[nH]c1=O. The van der Waals surface area contributed by atoms with Gasteiger partial charge in [-0.05, 0) is 30.0 Å². The molecule has 0 radical (unpaired) electrons. The van der Waals surface area contributed by atoms with Gasteiger partial charge in [-0.3, -0.25) is 19.1 Å². The molecule has 0 saturated heterocycles. The minimum absolute atomic E-state index is 0.0320. The maximum atomic E-state index is 13.5. The van der Waals surface area contributed by atoms with Crippen LogP contribution in [0.5, 0.6) is 0 Å². The van der Waals surface area contributed by atoms with Crippen molar-refractivity contribution in [3.8, 4) is 0 Å². The standard InChI is InChI=1S/C20H27FN4O3/c1-4-5-9-24-18(22)17(19(27)23-20(24)28)25(12-13(2)3)16(26)11-14-7-6-8-15(21)10-14/h6-8,10,13H,4-5,9,11-12,22H2,1-3H3,(H,23,27,28). The summed E-state index contributed by atoms with van der Waals surface area (Å²) < 4.78 is 14.7. The van der Waals surface area contributed by atoms with Gasteiger partial charge in [0.1, 0.15) is 11.6 Å². The number of rotatable bonds is 8. The monoisotopic (exact) mass is 390 g/mol. The zero-order valence-electron chi connectivity index (χ0n) is 16.5. The Morgan fingerprint density at radius 1 is 1.32 bits per heavy atom. The van der Waals surface area contributed by atoms with E-state index in [1.54, 1.807) is 6.07 Å². The molecule has 0 aliphatic heterocycles. The van der Waals surface area contributed by atoms with Crippen molar-refractivity contribution in [2.75, 3.05) is 17.2 Å². The number of hydrogen-bond acceptors (Lipinski definition) is 4. The normalized spacial score (nSPS) is 11.0. The van der Waals surface area contributed by atoms with Crippen LogP contribution >= 0.6 is 0 Å². The summed E-state index contributed by atoms with van der Waals surface area (Å²) in [4.78, 5) is 41.2. The Bertz CT molecular complexity index is 949. The Morgan fingerprint density at radius 3 is 2.64 bits per heavy atom. The molecule has 0 saturated carbocycles. The molecule has 8 heteroatoms. The van der Waals surface area contributed by atoms with E-state index >= 15 is 0 Å². The van der Waals surface area contributed by atoms with E-state index < -0.39 is 23.0 Å². The minimum atomic E-state index is -0.705. The van der Waals surface area contributed by atoms with Crippen LogP contribution in [0.1, 0.15) is 39.2 Å². The van der Waals surface area contributed by atoms with Gasteiger partial charge in [0, 0.05) is 13.1 Å². The number of anilines is 2. The van der Waals surface area contributed by atoms with Crippen molar-refractivity contribution in [1.82, 2.24) is 9.55 Å². The number of aromatic amines is 1. The van der Waals surface area contributed by atoms with Crippen molar-refractivity contribution in [1.29, 1.82) is 0 Å². The zero-order chi connectivity index (χ0) is 20.8. The second-order valence-corrected chi connectivity index (χ2v) is 7.20. The smallest absolute Gasteiger partial charge is 0.330 e. The summed E-state index contributed by atoms with van der Waals surface area (Å²) in [6.07, 6.45) is 1.46. The van der Waals surface area contributed by atoms with Crippen LogP contribution in [-0.2, 0) is 17.8 Å². The van der Waals surface area contributed by atoms with Crippen LogP contribution in [0, 0.1) is 11.7 Å². The molecule has 0 aliphatic rings. The largest absolute Gasteiger partial charge is 0.383 e. The molecule has 3 N–H and O–H groups in total. The molecule has 1 amide bonds. The molecule has 2 rings (SSSR count). The molecular weight excluding hydrogens is 363 g/mol. The summed E-state index contributed by atoms with van der Waals surface area (Å²) >= 11 is 0. The highest BCUT2D eigenvalue weighted by Crippen LogP contribution is 2.20. The number of aromatic nitrogens is 2. The van der Waals surface area contributed by atoms with E-state index in [1.807, 2.05) is 20.8 Å². The first-order valence-electron chi connectivity index (χ1n) is 9.42. The molecule has 0 bridgehead atoms. The lowest BCUT2D eigenvalue weighted by Gasteiger charge is -2.26. The summed E-state index contributed by atoms with van der Waals surface area (Å²) in [5, 5.41) is 0. The third-order valence-electron chi connectivity index (χ3n) is 4.31. The molecule has 7 nitrogen and oxygen atoms in total. The number of carbonyl (C=O) groups is 1. The number of H-pyrrole nitrogens is 1. The van der Waals surface area contributed by atoms with Gasteiger partial charge in [0.05, 0.1) is 6.42 Å². The van der Waals surface area contributed by atoms with Crippen molar-refractivity contribution in [2.24, 2.45) is 5.92 Å². The molecule has 1 heterocycles. The highest BCUT2D eigenvalue weighted by atomic mass is 19.1. The van der Waals surface area contributed by atoms with Crippen LogP contribution in [0.3, 0.4) is 0 Å². The molecular formula is C20H27FN4O3. The van der Waals surface area contributed by atoms with Gasteiger partial charge in [-0.15, -0.1) is 0 Å². The molecule has 0 fully saturated rings. The first-order chi connectivity index (χ1) is 13.2. The van der Waals surface area contributed by atoms with Gasteiger partial charge in [-0.2, -0.15) is 0 Å². The Balaban J connectivity index is 2.48. The second-order valence-electron chi connectivity index (χ2n) is 7.20. The van der Waals surface area contributed by atoms with Crippen LogP contribution in [0.25, 0.3) is 0 Å². The number of nitrogens with two attached hydrogens (primary N) is 1. The number of unbranched alkanes of at least 4 members (excludes halogenated alkanes) is 1. The minimum Gasteiger partial charge on any atom is -0.383 e. The van der Waals surface area contributed by atoms with Crippen LogP contribution < -0.4 is 21.9 Å². The van der Waals surface area contributed by atoms with E-state index in [9.17, 15) is 18.8 Å². The molecule has 0 atom stereocenters. The van der Waals surface area contributed by atoms with E-state index in [0.717, 1.165) is 6.42 Å². The molecule has 0 unspecified atom stereocenters. The van der Waals surface area contributed by atoms with E-state index in [2.05, 4.69) is 4.98 Å². The maximum absolute atomic E-state index is 13.5. The van der Waals surface area contributed by atoms with E-state index in [1.165, 1.54) is 27.7 Å². The number of nitrogens with one attached hydrogen (secondary N) is 1. The predicted molar refractivity (Wildman–Crippen MR) is 108 cm³/mol. The fraction of sp³-hybridized carbons (Fsp3) is 0.450. The fourth-order valence-electron chi connectivity index (χ4n) is 2.98. The number of halogens is 1. The van der Waals surface area contributed by atoms with E-state index in [4.69, 9.17) is 5.73 Å². The van der Waals surface area contributed by atoms with Crippen LogP contribution in [0.4, 0.5) is 15.9 Å². The van der Waals surface area contributed by atoms with Crippen molar-refractivity contribution in [3.63, 3.8) is 0 Å². The van der Waals surface area contributed by atoms with Gasteiger partial charge >= 0.3 is 5.69 Å². The number of nitrogen functional groups attached to an aromatic ring is 1. The van der Waals surface area contributed by atoms with Crippen LogP contribution in [0.2, 0.25) is 0 Å². The van der Waals surface area contributed by atoms with Crippen molar-refractivity contribution >= 4 is 17.4 Å². The second kappa shape index (κ2) is 9.34. The number of amides is 1.